The molecule has 3 rings (SSSR count). The van der Waals surface area contributed by atoms with E-state index in [2.05, 4.69) is 6.92 Å². The Morgan fingerprint density at radius 3 is 2.48 bits per heavy atom. The fraction of sp³-hybridized carbons (Fsp3) is 0.500. The van der Waals surface area contributed by atoms with Crippen LogP contribution < -0.4 is 5.76 Å². The number of benzene rings is 1. The minimum Gasteiger partial charge on any atom is -0.408 e. The lowest BCUT2D eigenvalue weighted by molar-refractivity contribution is -0.132. The molecule has 1 aliphatic heterocycles. The minimum absolute atomic E-state index is 0.0868. The number of carbonyl (C=O) groups is 2. The molecule has 2 heterocycles. The molecule has 134 valence electrons. The molecule has 0 aliphatic carbocycles. The van der Waals surface area contributed by atoms with Gasteiger partial charge in [-0.15, -0.1) is 0 Å². The molecule has 25 heavy (non-hydrogen) atoms. The monoisotopic (exact) mass is 345 g/mol. The zero-order valence-electron chi connectivity index (χ0n) is 14.7. The van der Waals surface area contributed by atoms with Gasteiger partial charge in [-0.1, -0.05) is 13.3 Å². The fourth-order valence-electron chi connectivity index (χ4n) is 3.09. The molecule has 0 unspecified atom stereocenters. The van der Waals surface area contributed by atoms with Crippen molar-refractivity contribution in [1.82, 2.24) is 14.4 Å². The first-order chi connectivity index (χ1) is 12.0. The van der Waals surface area contributed by atoms with Crippen molar-refractivity contribution in [1.29, 1.82) is 0 Å². The fourth-order valence-corrected chi connectivity index (χ4v) is 3.09. The molecule has 7 nitrogen and oxygen atoms in total. The molecule has 2 aromatic rings. The van der Waals surface area contributed by atoms with Crippen molar-refractivity contribution in [2.75, 3.05) is 26.2 Å². The Balaban J connectivity index is 1.67. The molecular weight excluding hydrogens is 322 g/mol. The Kier molecular flexibility index (Phi) is 4.92. The maximum atomic E-state index is 12.7. The molecule has 1 saturated heterocycles. The Morgan fingerprint density at radius 2 is 1.80 bits per heavy atom. The van der Waals surface area contributed by atoms with E-state index in [1.165, 1.54) is 4.57 Å². The molecule has 0 radical (unpaired) electrons. The standard InChI is InChI=1S/C18H23N3O4/c1-3-4-5-16(22)20-8-10-21(11-9-20)17(23)13-6-7-15-14(12-13)19(2)18(24)25-15/h6-7,12H,3-5,8-11H2,1-2H3. The first-order valence-electron chi connectivity index (χ1n) is 8.68. The van der Waals surface area contributed by atoms with E-state index in [4.69, 9.17) is 4.42 Å². The van der Waals surface area contributed by atoms with Crippen LogP contribution in [0.3, 0.4) is 0 Å². The zero-order chi connectivity index (χ0) is 18.0. The van der Waals surface area contributed by atoms with E-state index in [0.29, 0.717) is 49.3 Å². The van der Waals surface area contributed by atoms with Crippen LogP contribution in [-0.4, -0.2) is 52.4 Å². The number of carbonyl (C=O) groups excluding carboxylic acids is 2. The summed E-state index contributed by atoms with van der Waals surface area (Å²) in [5.41, 5.74) is 1.59. The van der Waals surface area contributed by atoms with Gasteiger partial charge in [0.2, 0.25) is 5.91 Å². The topological polar surface area (TPSA) is 75.8 Å². The average molecular weight is 345 g/mol. The number of aryl methyl sites for hydroxylation is 1. The molecule has 0 N–H and O–H groups in total. The van der Waals surface area contributed by atoms with Gasteiger partial charge in [-0.3, -0.25) is 14.2 Å². The number of hydrogen-bond acceptors (Lipinski definition) is 4. The number of piperazine rings is 1. The molecule has 1 aromatic carbocycles. The number of nitrogens with zero attached hydrogens (tertiary/aromatic N) is 3. The number of aromatic nitrogens is 1. The maximum Gasteiger partial charge on any atom is 0.419 e. The van der Waals surface area contributed by atoms with Crippen LogP contribution in [-0.2, 0) is 11.8 Å². The van der Waals surface area contributed by atoms with E-state index < -0.39 is 5.76 Å². The predicted molar refractivity (Wildman–Crippen MR) is 93.5 cm³/mol. The van der Waals surface area contributed by atoms with Gasteiger partial charge in [0.25, 0.3) is 5.91 Å². The molecule has 1 fully saturated rings. The summed E-state index contributed by atoms with van der Waals surface area (Å²) < 4.78 is 6.48. The molecule has 1 aromatic heterocycles. The Bertz CT molecular complexity index is 844. The summed E-state index contributed by atoms with van der Waals surface area (Å²) in [4.78, 5) is 39.9. The van der Waals surface area contributed by atoms with Gasteiger partial charge in [0.05, 0.1) is 5.52 Å². The summed E-state index contributed by atoms with van der Waals surface area (Å²) in [5.74, 6) is -0.362. The van der Waals surface area contributed by atoms with Gasteiger partial charge >= 0.3 is 5.76 Å². The third kappa shape index (κ3) is 3.45. The van der Waals surface area contributed by atoms with Crippen LogP contribution in [0.25, 0.3) is 11.1 Å². The van der Waals surface area contributed by atoms with Crippen molar-refractivity contribution in [3.8, 4) is 0 Å². The Morgan fingerprint density at radius 1 is 1.12 bits per heavy atom. The first kappa shape index (κ1) is 17.3. The zero-order valence-corrected chi connectivity index (χ0v) is 14.7. The molecule has 0 spiro atoms. The lowest BCUT2D eigenvalue weighted by Gasteiger charge is -2.35. The number of amides is 2. The summed E-state index contributed by atoms with van der Waals surface area (Å²) in [5, 5.41) is 0. The van der Waals surface area contributed by atoms with Crippen LogP contribution in [0, 0.1) is 0 Å². The molecule has 1 aliphatic rings. The third-order valence-electron chi connectivity index (χ3n) is 4.70. The van der Waals surface area contributed by atoms with E-state index in [-0.39, 0.29) is 11.8 Å². The summed E-state index contributed by atoms with van der Waals surface area (Å²) in [6.07, 6.45) is 2.49. The highest BCUT2D eigenvalue weighted by Crippen LogP contribution is 2.17. The van der Waals surface area contributed by atoms with Crippen LogP contribution in [0.15, 0.2) is 27.4 Å². The maximum absolute atomic E-state index is 12.7. The van der Waals surface area contributed by atoms with Gasteiger partial charge in [0, 0.05) is 45.2 Å². The predicted octanol–water partition coefficient (Wildman–Crippen LogP) is 1.61. The van der Waals surface area contributed by atoms with Crippen LogP contribution in [0.1, 0.15) is 36.5 Å². The van der Waals surface area contributed by atoms with E-state index in [0.717, 1.165) is 12.8 Å². The summed E-state index contributed by atoms with van der Waals surface area (Å²) >= 11 is 0. The second kappa shape index (κ2) is 7.13. The van der Waals surface area contributed by atoms with Gasteiger partial charge in [-0.25, -0.2) is 4.79 Å². The summed E-state index contributed by atoms with van der Waals surface area (Å²) in [7, 11) is 1.61. The molecule has 2 amide bonds. The van der Waals surface area contributed by atoms with Crippen molar-refractivity contribution in [3.63, 3.8) is 0 Å². The van der Waals surface area contributed by atoms with Crippen molar-refractivity contribution >= 4 is 22.9 Å². The number of unbranched alkanes of at least 4 members (excludes halogenated alkanes) is 1. The second-order valence-electron chi connectivity index (χ2n) is 6.39. The molecule has 7 heteroatoms. The van der Waals surface area contributed by atoms with E-state index in [1.54, 1.807) is 30.1 Å². The number of hydrogen-bond donors (Lipinski definition) is 0. The van der Waals surface area contributed by atoms with Crippen LogP contribution >= 0.6 is 0 Å². The molecular formula is C18H23N3O4. The lowest BCUT2D eigenvalue weighted by atomic mass is 10.1. The normalized spacial score (nSPS) is 15.0. The lowest BCUT2D eigenvalue weighted by Crippen LogP contribution is -2.50. The highest BCUT2D eigenvalue weighted by molar-refractivity contribution is 5.97. The van der Waals surface area contributed by atoms with Gasteiger partial charge in [-0.2, -0.15) is 0 Å². The van der Waals surface area contributed by atoms with Crippen molar-refractivity contribution < 1.29 is 14.0 Å². The minimum atomic E-state index is -0.446. The van der Waals surface area contributed by atoms with Crippen molar-refractivity contribution in [3.05, 3.63) is 34.3 Å². The van der Waals surface area contributed by atoms with Crippen LogP contribution in [0.4, 0.5) is 0 Å². The van der Waals surface area contributed by atoms with Crippen molar-refractivity contribution in [2.45, 2.75) is 26.2 Å². The van der Waals surface area contributed by atoms with Gasteiger partial charge in [0.15, 0.2) is 5.58 Å². The number of oxazole rings is 1. The van der Waals surface area contributed by atoms with Crippen LogP contribution in [0.5, 0.6) is 0 Å². The van der Waals surface area contributed by atoms with E-state index in [1.807, 2.05) is 4.90 Å². The van der Waals surface area contributed by atoms with Crippen LogP contribution in [0.2, 0.25) is 0 Å². The highest BCUT2D eigenvalue weighted by atomic mass is 16.4. The quantitative estimate of drug-likeness (QED) is 0.843. The largest absolute Gasteiger partial charge is 0.419 e. The van der Waals surface area contributed by atoms with Crippen molar-refractivity contribution in [2.24, 2.45) is 7.05 Å². The molecule has 0 saturated carbocycles. The average Bonchev–Trinajstić information content (AvgIpc) is 2.93. The summed E-state index contributed by atoms with van der Waals surface area (Å²) in [6.45, 7) is 4.26. The number of rotatable bonds is 4. The molecule has 0 atom stereocenters. The van der Waals surface area contributed by atoms with Gasteiger partial charge in [-0.05, 0) is 24.6 Å². The van der Waals surface area contributed by atoms with E-state index in [9.17, 15) is 14.4 Å². The summed E-state index contributed by atoms with van der Waals surface area (Å²) in [6, 6.07) is 5.00. The third-order valence-corrected chi connectivity index (χ3v) is 4.70. The number of fused-ring (bicyclic) bond motifs is 1. The first-order valence-corrected chi connectivity index (χ1v) is 8.68. The molecule has 0 bridgehead atoms. The van der Waals surface area contributed by atoms with E-state index >= 15 is 0 Å². The highest BCUT2D eigenvalue weighted by Gasteiger charge is 2.25. The Labute approximate surface area is 145 Å². The smallest absolute Gasteiger partial charge is 0.408 e. The van der Waals surface area contributed by atoms with Gasteiger partial charge in [0.1, 0.15) is 0 Å². The van der Waals surface area contributed by atoms with Gasteiger partial charge < -0.3 is 14.2 Å². The Hall–Kier alpha value is -2.57. The second-order valence-corrected chi connectivity index (χ2v) is 6.39. The SMILES string of the molecule is CCCCC(=O)N1CCN(C(=O)c2ccc3oc(=O)n(C)c3c2)CC1.